The number of hydrogen-bond acceptors (Lipinski definition) is 7. The molecule has 228 valence electrons. The minimum atomic E-state index is -0.796. The van der Waals surface area contributed by atoms with Gasteiger partial charge in [-0.15, -0.1) is 0 Å². The van der Waals surface area contributed by atoms with Gasteiger partial charge in [-0.25, -0.2) is 0 Å². The van der Waals surface area contributed by atoms with E-state index in [9.17, 15) is 5.11 Å². The lowest BCUT2D eigenvalue weighted by Crippen LogP contribution is -2.31. The Bertz CT molecular complexity index is 1040. The first-order valence-electron chi connectivity index (χ1n) is 15.5. The van der Waals surface area contributed by atoms with Crippen LogP contribution in [-0.2, 0) is 6.42 Å². The second-order valence-electron chi connectivity index (χ2n) is 10.5. The Labute approximate surface area is 246 Å². The van der Waals surface area contributed by atoms with Crippen LogP contribution < -0.4 is 28.4 Å². The Morgan fingerprint density at radius 2 is 1.29 bits per heavy atom. The first-order chi connectivity index (χ1) is 20.1. The van der Waals surface area contributed by atoms with Gasteiger partial charge in [0.15, 0.2) is 17.6 Å². The molecule has 1 aliphatic rings. The minimum absolute atomic E-state index is 0.325. The predicted octanol–water partition coefficient (Wildman–Crippen LogP) is 8.00. The van der Waals surface area contributed by atoms with Crippen LogP contribution in [0.3, 0.4) is 0 Å². The van der Waals surface area contributed by atoms with Gasteiger partial charge in [-0.05, 0) is 37.8 Å². The number of ether oxygens (including phenoxy) is 6. The first-order valence-corrected chi connectivity index (χ1v) is 15.5. The van der Waals surface area contributed by atoms with Gasteiger partial charge in [0.2, 0.25) is 5.75 Å². The van der Waals surface area contributed by atoms with Crippen molar-refractivity contribution >= 4 is 0 Å². The summed E-state index contributed by atoms with van der Waals surface area (Å²) in [4.78, 5) is 0. The van der Waals surface area contributed by atoms with Crippen molar-refractivity contribution in [3.05, 3.63) is 48.0 Å². The molecule has 1 N–H and O–H groups in total. The standard InChI is InChI=1S/C34H50O7/c1-6-11-16-36-26-22-29(37-17-12-7-2)27-24-28(35)33(41-30(27)23-26)25-20-31(38-18-13-8-3)34(40-15-10-5)32(21-25)39-19-14-9-4/h10,20-23,28,33,35H,5-9,11-19,24H2,1-4H3/t28-,33-/m1/s1. The Balaban J connectivity index is 2.00. The molecule has 2 aromatic carbocycles. The highest BCUT2D eigenvalue weighted by atomic mass is 16.5. The van der Waals surface area contributed by atoms with Gasteiger partial charge in [0.25, 0.3) is 0 Å². The van der Waals surface area contributed by atoms with E-state index < -0.39 is 12.2 Å². The van der Waals surface area contributed by atoms with Crippen LogP contribution in [0.4, 0.5) is 0 Å². The molecule has 1 heterocycles. The van der Waals surface area contributed by atoms with Crippen LogP contribution in [0.15, 0.2) is 36.9 Å². The zero-order chi connectivity index (χ0) is 29.5. The monoisotopic (exact) mass is 570 g/mol. The summed E-state index contributed by atoms with van der Waals surface area (Å²) in [5, 5.41) is 11.4. The molecule has 0 saturated carbocycles. The average molecular weight is 571 g/mol. The Morgan fingerprint density at radius 3 is 1.83 bits per heavy atom. The fourth-order valence-corrected chi connectivity index (χ4v) is 4.51. The fourth-order valence-electron chi connectivity index (χ4n) is 4.51. The summed E-state index contributed by atoms with van der Waals surface area (Å²) in [5.41, 5.74) is 1.62. The summed E-state index contributed by atoms with van der Waals surface area (Å²) in [5.74, 6) is 3.77. The maximum atomic E-state index is 11.4. The average Bonchev–Trinajstić information content (AvgIpc) is 2.97. The number of fused-ring (bicyclic) bond motifs is 1. The van der Waals surface area contributed by atoms with Gasteiger partial charge in [-0.1, -0.05) is 66.0 Å². The summed E-state index contributed by atoms with van der Waals surface area (Å²) in [7, 11) is 0. The van der Waals surface area contributed by atoms with E-state index in [0.29, 0.717) is 74.0 Å². The molecule has 0 aliphatic carbocycles. The van der Waals surface area contributed by atoms with E-state index in [2.05, 4.69) is 34.3 Å². The minimum Gasteiger partial charge on any atom is -0.493 e. The smallest absolute Gasteiger partial charge is 0.203 e. The van der Waals surface area contributed by atoms with Crippen molar-refractivity contribution < 1.29 is 33.5 Å². The Morgan fingerprint density at radius 1 is 0.756 bits per heavy atom. The highest BCUT2D eigenvalue weighted by Crippen LogP contribution is 2.46. The number of aliphatic hydroxyl groups excluding tert-OH is 1. The molecule has 41 heavy (non-hydrogen) atoms. The summed E-state index contributed by atoms with van der Waals surface area (Å²) in [6, 6.07) is 7.64. The van der Waals surface area contributed by atoms with Crippen LogP contribution in [0.5, 0.6) is 34.5 Å². The molecular weight excluding hydrogens is 520 g/mol. The van der Waals surface area contributed by atoms with E-state index in [-0.39, 0.29) is 0 Å². The van der Waals surface area contributed by atoms with Crippen LogP contribution in [0.1, 0.15) is 96.3 Å². The summed E-state index contributed by atoms with van der Waals surface area (Å²) < 4.78 is 37.1. The molecule has 0 aromatic heterocycles. The van der Waals surface area contributed by atoms with Gasteiger partial charge < -0.3 is 33.5 Å². The fraction of sp³-hybridized carbons (Fsp3) is 0.588. The largest absolute Gasteiger partial charge is 0.493 e. The Kier molecular flexibility index (Phi) is 14.0. The number of aliphatic hydroxyl groups is 1. The summed E-state index contributed by atoms with van der Waals surface area (Å²) in [6.45, 7) is 15.0. The van der Waals surface area contributed by atoms with Crippen LogP contribution in [0, 0.1) is 0 Å². The number of hydrogen-bond donors (Lipinski definition) is 1. The predicted molar refractivity (Wildman–Crippen MR) is 163 cm³/mol. The molecule has 3 rings (SSSR count). The van der Waals surface area contributed by atoms with E-state index >= 15 is 0 Å². The van der Waals surface area contributed by atoms with Crippen molar-refractivity contribution in [3.8, 4) is 34.5 Å². The highest BCUT2D eigenvalue weighted by molar-refractivity contribution is 5.56. The molecule has 0 spiro atoms. The van der Waals surface area contributed by atoms with Crippen molar-refractivity contribution in [1.29, 1.82) is 0 Å². The van der Waals surface area contributed by atoms with Crippen molar-refractivity contribution in [2.45, 2.75) is 97.7 Å². The maximum absolute atomic E-state index is 11.4. The van der Waals surface area contributed by atoms with E-state index in [4.69, 9.17) is 28.4 Å². The SMILES string of the molecule is C=CCOc1c(OCCCC)cc([C@H]2Oc3cc(OCCCC)cc(OCCCC)c3C[C@H]2O)cc1OCCCC. The van der Waals surface area contributed by atoms with Crippen LogP contribution in [0.25, 0.3) is 0 Å². The molecule has 2 atom stereocenters. The third-order valence-corrected chi connectivity index (χ3v) is 6.91. The van der Waals surface area contributed by atoms with Crippen molar-refractivity contribution in [3.63, 3.8) is 0 Å². The molecular formula is C34H50O7. The molecule has 0 radical (unpaired) electrons. The Hall–Kier alpha value is -3.06. The van der Waals surface area contributed by atoms with Crippen molar-refractivity contribution in [2.24, 2.45) is 0 Å². The molecule has 0 unspecified atom stereocenters. The summed E-state index contributed by atoms with van der Waals surface area (Å²) in [6.07, 6.45) is 8.50. The van der Waals surface area contributed by atoms with Gasteiger partial charge in [-0.3, -0.25) is 0 Å². The zero-order valence-electron chi connectivity index (χ0n) is 25.5. The van der Waals surface area contributed by atoms with E-state index in [0.717, 1.165) is 62.5 Å². The van der Waals surface area contributed by atoms with E-state index in [1.54, 1.807) is 6.08 Å². The maximum Gasteiger partial charge on any atom is 0.203 e. The second kappa shape index (κ2) is 17.7. The third-order valence-electron chi connectivity index (χ3n) is 6.91. The molecule has 0 amide bonds. The van der Waals surface area contributed by atoms with Crippen molar-refractivity contribution in [2.75, 3.05) is 33.0 Å². The molecule has 2 aromatic rings. The molecule has 0 fully saturated rings. The first kappa shape index (κ1) is 32.5. The molecule has 0 saturated heterocycles. The van der Waals surface area contributed by atoms with Crippen molar-refractivity contribution in [1.82, 2.24) is 0 Å². The summed E-state index contributed by atoms with van der Waals surface area (Å²) >= 11 is 0. The number of benzene rings is 2. The van der Waals surface area contributed by atoms with Gasteiger partial charge >= 0.3 is 0 Å². The number of unbranched alkanes of at least 4 members (excludes halogenated alkanes) is 4. The quantitative estimate of drug-likeness (QED) is 0.128. The molecule has 7 heteroatoms. The topological polar surface area (TPSA) is 75.6 Å². The molecule has 0 bridgehead atoms. The van der Waals surface area contributed by atoms with Crippen LogP contribution >= 0.6 is 0 Å². The lowest BCUT2D eigenvalue weighted by atomic mass is 9.93. The van der Waals surface area contributed by atoms with E-state index in [1.165, 1.54) is 0 Å². The highest BCUT2D eigenvalue weighted by Gasteiger charge is 2.34. The van der Waals surface area contributed by atoms with Gasteiger partial charge in [-0.2, -0.15) is 0 Å². The van der Waals surface area contributed by atoms with Gasteiger partial charge in [0.1, 0.15) is 23.9 Å². The second-order valence-corrected chi connectivity index (χ2v) is 10.5. The van der Waals surface area contributed by atoms with Gasteiger partial charge in [0, 0.05) is 29.7 Å². The number of rotatable bonds is 20. The van der Waals surface area contributed by atoms with E-state index in [1.807, 2.05) is 24.3 Å². The third kappa shape index (κ3) is 9.49. The normalized spacial score (nSPS) is 15.9. The zero-order valence-corrected chi connectivity index (χ0v) is 25.5. The lowest BCUT2D eigenvalue weighted by Gasteiger charge is -2.33. The molecule has 1 aliphatic heterocycles. The van der Waals surface area contributed by atoms with Gasteiger partial charge in [0.05, 0.1) is 32.5 Å². The lowest BCUT2D eigenvalue weighted by molar-refractivity contribution is 0.0192. The molecule has 7 nitrogen and oxygen atoms in total. The van der Waals surface area contributed by atoms with Crippen LogP contribution in [0.2, 0.25) is 0 Å². The van der Waals surface area contributed by atoms with Crippen LogP contribution in [-0.4, -0.2) is 44.2 Å².